The maximum atomic E-state index is 13.0. The summed E-state index contributed by atoms with van der Waals surface area (Å²) in [4.78, 5) is 29.1. The van der Waals surface area contributed by atoms with E-state index in [0.717, 1.165) is 6.26 Å². The van der Waals surface area contributed by atoms with Crippen molar-refractivity contribution < 1.29 is 32.2 Å². The molecule has 0 spiro atoms. The van der Waals surface area contributed by atoms with Gasteiger partial charge >= 0.3 is 0 Å². The van der Waals surface area contributed by atoms with E-state index in [9.17, 15) is 18.0 Å². The van der Waals surface area contributed by atoms with Crippen molar-refractivity contribution in [3.05, 3.63) is 47.0 Å². The van der Waals surface area contributed by atoms with Crippen LogP contribution in [0.3, 0.4) is 0 Å². The third kappa shape index (κ3) is 6.36. The third-order valence-electron chi connectivity index (χ3n) is 5.71. The number of methoxy groups -OCH3 is 2. The van der Waals surface area contributed by atoms with Crippen molar-refractivity contribution in [3.63, 3.8) is 0 Å². The van der Waals surface area contributed by atoms with Crippen LogP contribution in [0.2, 0.25) is 0 Å². The van der Waals surface area contributed by atoms with Gasteiger partial charge in [-0.1, -0.05) is 6.07 Å². The number of hydrogen-bond donors (Lipinski definition) is 1. The summed E-state index contributed by atoms with van der Waals surface area (Å²) in [6.45, 7) is 4.91. The van der Waals surface area contributed by atoms with Crippen LogP contribution in [-0.2, 0) is 14.8 Å². The molecule has 35 heavy (non-hydrogen) atoms. The number of carbonyl (C=O) groups excluding carboxylic acids is 2. The summed E-state index contributed by atoms with van der Waals surface area (Å²) in [5.74, 6) is 0.971. The van der Waals surface area contributed by atoms with E-state index in [4.69, 9.17) is 14.2 Å². The molecule has 0 saturated carbocycles. The summed E-state index contributed by atoms with van der Waals surface area (Å²) in [7, 11) is -0.398. The zero-order valence-electron chi connectivity index (χ0n) is 20.6. The predicted molar refractivity (Wildman–Crippen MR) is 132 cm³/mol. The van der Waals surface area contributed by atoms with E-state index >= 15 is 0 Å². The Balaban J connectivity index is 1.57. The van der Waals surface area contributed by atoms with Gasteiger partial charge in [-0.15, -0.1) is 0 Å². The minimum absolute atomic E-state index is 0.157. The molecule has 10 nitrogen and oxygen atoms in total. The van der Waals surface area contributed by atoms with E-state index in [1.807, 2.05) is 0 Å². The lowest BCUT2D eigenvalue weighted by Crippen LogP contribution is -2.51. The molecule has 0 unspecified atom stereocenters. The van der Waals surface area contributed by atoms with Crippen LogP contribution in [0, 0.1) is 13.8 Å². The van der Waals surface area contributed by atoms with Crippen LogP contribution < -0.4 is 18.9 Å². The third-order valence-corrected chi connectivity index (χ3v) is 6.28. The number of aryl methyl sites for hydroxylation is 2. The Labute approximate surface area is 205 Å². The average Bonchev–Trinajstić information content (AvgIpc) is 2.83. The molecule has 0 aromatic heterocycles. The molecule has 1 aliphatic heterocycles. The number of hydrogen-bond acceptors (Lipinski definition) is 7. The Hall–Kier alpha value is -3.47. The van der Waals surface area contributed by atoms with E-state index in [1.165, 1.54) is 14.2 Å². The molecule has 1 aliphatic rings. The molecular formula is C24H31N3O7S. The normalized spacial score (nSPS) is 13.9. The molecule has 0 aliphatic carbocycles. The van der Waals surface area contributed by atoms with Gasteiger partial charge in [0.15, 0.2) is 18.1 Å². The van der Waals surface area contributed by atoms with E-state index in [-0.39, 0.29) is 18.4 Å². The molecule has 3 rings (SSSR count). The zero-order chi connectivity index (χ0) is 25.8. The molecule has 1 heterocycles. The summed E-state index contributed by atoms with van der Waals surface area (Å²) < 4.78 is 41.9. The Morgan fingerprint density at radius 2 is 1.57 bits per heavy atom. The number of sulfonamides is 1. The van der Waals surface area contributed by atoms with Gasteiger partial charge in [-0.25, -0.2) is 8.42 Å². The van der Waals surface area contributed by atoms with Crippen LogP contribution in [0.5, 0.6) is 17.2 Å². The first-order valence-corrected chi connectivity index (χ1v) is 12.9. The molecule has 2 amide bonds. The summed E-state index contributed by atoms with van der Waals surface area (Å²) in [6.07, 6.45) is 1.09. The Morgan fingerprint density at radius 3 is 2.11 bits per heavy atom. The first kappa shape index (κ1) is 26.1. The number of carbonyl (C=O) groups is 2. The molecule has 1 fully saturated rings. The summed E-state index contributed by atoms with van der Waals surface area (Å²) in [5.41, 5.74) is 2.30. The van der Waals surface area contributed by atoms with Gasteiger partial charge in [-0.2, -0.15) is 0 Å². The SMILES string of the molecule is COc1cccc(C(=O)N2CCN(C(=O)COc3cc(C)c(NS(C)(=O)=O)c(C)c3)CC2)c1OC. The van der Waals surface area contributed by atoms with Gasteiger partial charge in [-0.05, 0) is 49.2 Å². The van der Waals surface area contributed by atoms with Crippen molar-refractivity contribution in [3.8, 4) is 17.2 Å². The lowest BCUT2D eigenvalue weighted by Gasteiger charge is -2.35. The van der Waals surface area contributed by atoms with E-state index in [2.05, 4.69) is 4.72 Å². The number of ether oxygens (including phenoxy) is 3. The fourth-order valence-electron chi connectivity index (χ4n) is 3.97. The molecule has 11 heteroatoms. The van der Waals surface area contributed by atoms with Crippen LogP contribution in [-0.4, -0.2) is 83.3 Å². The maximum absolute atomic E-state index is 13.0. The minimum atomic E-state index is -3.40. The number of rotatable bonds is 8. The number of nitrogens with zero attached hydrogens (tertiary/aromatic N) is 2. The molecule has 190 valence electrons. The first-order chi connectivity index (χ1) is 16.5. The van der Waals surface area contributed by atoms with Crippen molar-refractivity contribution in [1.29, 1.82) is 0 Å². The van der Waals surface area contributed by atoms with Crippen molar-refractivity contribution >= 4 is 27.5 Å². The van der Waals surface area contributed by atoms with Crippen LogP contribution in [0.25, 0.3) is 0 Å². The lowest BCUT2D eigenvalue weighted by molar-refractivity contribution is -0.134. The zero-order valence-corrected chi connectivity index (χ0v) is 21.4. The first-order valence-electron chi connectivity index (χ1n) is 11.0. The van der Waals surface area contributed by atoms with Gasteiger partial charge in [0.05, 0.1) is 31.7 Å². The maximum Gasteiger partial charge on any atom is 0.260 e. The van der Waals surface area contributed by atoms with Gasteiger partial charge in [0.25, 0.3) is 11.8 Å². The second kappa shape index (κ2) is 10.9. The number of benzene rings is 2. The number of piperazine rings is 1. The van der Waals surface area contributed by atoms with Crippen LogP contribution >= 0.6 is 0 Å². The number of para-hydroxylation sites is 1. The van der Waals surface area contributed by atoms with Crippen LogP contribution in [0.1, 0.15) is 21.5 Å². The molecule has 2 aromatic rings. The summed E-state index contributed by atoms with van der Waals surface area (Å²) in [6, 6.07) is 8.53. The predicted octanol–water partition coefficient (Wildman–Crippen LogP) is 2.06. The Kier molecular flexibility index (Phi) is 8.11. The van der Waals surface area contributed by atoms with Crippen molar-refractivity contribution in [1.82, 2.24) is 9.80 Å². The van der Waals surface area contributed by atoms with E-state index in [0.29, 0.717) is 65.8 Å². The van der Waals surface area contributed by atoms with Gasteiger partial charge in [-0.3, -0.25) is 14.3 Å². The van der Waals surface area contributed by atoms with Gasteiger partial charge in [0, 0.05) is 26.2 Å². The highest BCUT2D eigenvalue weighted by molar-refractivity contribution is 7.92. The van der Waals surface area contributed by atoms with Gasteiger partial charge in [0.1, 0.15) is 5.75 Å². The van der Waals surface area contributed by atoms with E-state index in [1.54, 1.807) is 54.0 Å². The molecule has 1 N–H and O–H groups in total. The second-order valence-corrected chi connectivity index (χ2v) is 10.1. The quantitative estimate of drug-likeness (QED) is 0.584. The largest absolute Gasteiger partial charge is 0.493 e. The highest BCUT2D eigenvalue weighted by atomic mass is 32.2. The monoisotopic (exact) mass is 505 g/mol. The topological polar surface area (TPSA) is 114 Å². The van der Waals surface area contributed by atoms with Crippen LogP contribution in [0.4, 0.5) is 5.69 Å². The van der Waals surface area contributed by atoms with E-state index < -0.39 is 10.0 Å². The van der Waals surface area contributed by atoms with Gasteiger partial charge in [0.2, 0.25) is 10.0 Å². The minimum Gasteiger partial charge on any atom is -0.493 e. The molecule has 0 radical (unpaired) electrons. The smallest absolute Gasteiger partial charge is 0.260 e. The average molecular weight is 506 g/mol. The summed E-state index contributed by atoms with van der Waals surface area (Å²) in [5, 5.41) is 0. The fourth-order valence-corrected chi connectivity index (χ4v) is 4.67. The van der Waals surface area contributed by atoms with Crippen LogP contribution in [0.15, 0.2) is 30.3 Å². The Morgan fingerprint density at radius 1 is 0.971 bits per heavy atom. The highest BCUT2D eigenvalue weighted by Crippen LogP contribution is 2.32. The molecule has 0 bridgehead atoms. The van der Waals surface area contributed by atoms with Crippen molar-refractivity contribution in [2.45, 2.75) is 13.8 Å². The number of amides is 2. The lowest BCUT2D eigenvalue weighted by atomic mass is 10.1. The van der Waals surface area contributed by atoms with Gasteiger partial charge < -0.3 is 24.0 Å². The summed E-state index contributed by atoms with van der Waals surface area (Å²) >= 11 is 0. The standard InChI is InChI=1S/C24H31N3O7S/c1-16-13-18(14-17(2)22(16)25-35(5,30)31)34-15-21(28)26-9-11-27(12-10-26)24(29)19-7-6-8-20(32-3)23(19)33-4/h6-8,13-14,25H,9-12,15H2,1-5H3. The fraction of sp³-hybridized carbons (Fsp3) is 0.417. The van der Waals surface area contributed by atoms with Crippen molar-refractivity contribution in [2.24, 2.45) is 0 Å². The number of anilines is 1. The highest BCUT2D eigenvalue weighted by Gasteiger charge is 2.27. The number of nitrogens with one attached hydrogen (secondary N) is 1. The van der Waals surface area contributed by atoms with Crippen molar-refractivity contribution in [2.75, 3.05) is 58.0 Å². The molecule has 2 aromatic carbocycles. The molecule has 1 saturated heterocycles. The second-order valence-electron chi connectivity index (χ2n) is 8.31. The molecule has 0 atom stereocenters. The Bertz CT molecular complexity index is 1180. The molecular weight excluding hydrogens is 474 g/mol.